The fraction of sp³-hybridized carbons (Fsp3) is 0.520. The molecule has 0 saturated carbocycles. The highest BCUT2D eigenvalue weighted by atomic mass is 28.3. The molecule has 0 atom stereocenters. The van der Waals surface area contributed by atoms with E-state index in [0.29, 0.717) is 13.0 Å². The van der Waals surface area contributed by atoms with E-state index >= 15 is 0 Å². The van der Waals surface area contributed by atoms with Crippen molar-refractivity contribution in [3.05, 3.63) is 58.7 Å². The van der Waals surface area contributed by atoms with Crippen LogP contribution in [0.2, 0.25) is 25.7 Å². The van der Waals surface area contributed by atoms with E-state index in [-0.39, 0.29) is 17.2 Å². The minimum atomic E-state index is -1.18. The molecule has 0 aromatic rings. The first-order chi connectivity index (χ1) is 13.3. The zero-order valence-corrected chi connectivity index (χ0v) is 20.5. The average Bonchev–Trinajstić information content (AvgIpc) is 2.57. The lowest BCUT2D eigenvalue weighted by Crippen LogP contribution is -2.24. The molecule has 0 aromatic carbocycles. The van der Waals surface area contributed by atoms with E-state index in [2.05, 4.69) is 39.6 Å². The van der Waals surface area contributed by atoms with Gasteiger partial charge in [-0.1, -0.05) is 69.4 Å². The van der Waals surface area contributed by atoms with Crippen molar-refractivity contribution in [3.63, 3.8) is 0 Å². The zero-order valence-electron chi connectivity index (χ0n) is 19.5. The second-order valence-electron chi connectivity index (χ2n) is 9.82. The number of hydrogen-bond donors (Lipinski definition) is 0. The van der Waals surface area contributed by atoms with Gasteiger partial charge in [-0.25, -0.2) is 4.79 Å². The van der Waals surface area contributed by atoms with Gasteiger partial charge in [-0.2, -0.15) is 0 Å². The summed E-state index contributed by atoms with van der Waals surface area (Å²) in [5, 5.41) is 0. The maximum atomic E-state index is 12.0. The van der Waals surface area contributed by atoms with Gasteiger partial charge < -0.3 is 4.74 Å². The molecule has 1 rings (SSSR count). The molecule has 0 fully saturated rings. The lowest BCUT2D eigenvalue weighted by molar-refractivity contribution is -0.137. The Kier molecular flexibility index (Phi) is 9.28. The third-order valence-electron chi connectivity index (χ3n) is 5.20. The van der Waals surface area contributed by atoms with Crippen molar-refractivity contribution in [2.45, 2.75) is 73.1 Å². The molecule has 0 saturated heterocycles. The monoisotopic (exact) mass is 414 g/mol. The lowest BCUT2D eigenvalue weighted by atomic mass is 9.72. The Labute approximate surface area is 178 Å². The van der Waals surface area contributed by atoms with Crippen LogP contribution in [-0.4, -0.2) is 26.4 Å². The molecular formula is C25H38O3Si. The van der Waals surface area contributed by atoms with Crippen LogP contribution in [0.4, 0.5) is 0 Å². The molecule has 160 valence electrons. The van der Waals surface area contributed by atoms with Gasteiger partial charge in [0, 0.05) is 20.6 Å². The minimum absolute atomic E-state index is 0.0276. The van der Waals surface area contributed by atoms with E-state index in [1.165, 1.54) is 6.08 Å². The zero-order chi connectivity index (χ0) is 22.2. The summed E-state index contributed by atoms with van der Waals surface area (Å²) in [6, 6.07) is 0.980. The first kappa shape index (κ1) is 25.1. The van der Waals surface area contributed by atoms with E-state index in [1.807, 2.05) is 45.1 Å². The average molecular weight is 415 g/mol. The number of ether oxygens (including phenoxy) is 1. The number of carbonyl (C=O) groups excluding carboxylic acids is 2. The van der Waals surface area contributed by atoms with E-state index < -0.39 is 8.07 Å². The lowest BCUT2D eigenvalue weighted by Gasteiger charge is -2.32. The van der Waals surface area contributed by atoms with Crippen molar-refractivity contribution in [1.29, 1.82) is 0 Å². The van der Waals surface area contributed by atoms with Crippen LogP contribution in [0, 0.1) is 5.41 Å². The van der Waals surface area contributed by atoms with Crippen molar-refractivity contribution in [2.24, 2.45) is 5.41 Å². The summed E-state index contributed by atoms with van der Waals surface area (Å²) in [4.78, 5) is 23.9. The van der Waals surface area contributed by atoms with E-state index in [0.717, 1.165) is 34.8 Å². The van der Waals surface area contributed by atoms with Gasteiger partial charge in [0.2, 0.25) is 0 Å². The summed E-state index contributed by atoms with van der Waals surface area (Å²) in [6.07, 6.45) is 13.0. The molecule has 0 bridgehead atoms. The Bertz CT molecular complexity index is 768. The molecule has 29 heavy (non-hydrogen) atoms. The fourth-order valence-electron chi connectivity index (χ4n) is 3.11. The van der Waals surface area contributed by atoms with Gasteiger partial charge in [-0.05, 0) is 55.4 Å². The van der Waals surface area contributed by atoms with Crippen LogP contribution < -0.4 is 0 Å². The molecular weight excluding hydrogens is 376 g/mol. The number of carbonyl (C=O) groups is 2. The largest absolute Gasteiger partial charge is 0.463 e. The molecule has 0 unspecified atom stereocenters. The molecule has 0 aromatic heterocycles. The van der Waals surface area contributed by atoms with Crippen molar-refractivity contribution >= 4 is 19.8 Å². The number of Topliss-reactive ketones (excluding diaryl/α,β-unsaturated/α-hetero) is 1. The van der Waals surface area contributed by atoms with Crippen LogP contribution in [0.1, 0.15) is 47.5 Å². The molecule has 0 amide bonds. The third-order valence-corrected chi connectivity index (χ3v) is 6.91. The predicted octanol–water partition coefficient (Wildman–Crippen LogP) is 6.58. The molecule has 0 N–H and O–H groups in total. The molecule has 0 radical (unpaired) electrons. The highest BCUT2D eigenvalue weighted by Crippen LogP contribution is 2.39. The molecule has 4 heteroatoms. The van der Waals surface area contributed by atoms with Crippen LogP contribution >= 0.6 is 0 Å². The number of ketones is 1. The summed E-state index contributed by atoms with van der Waals surface area (Å²) in [5.74, 6) is -0.0272. The standard InChI is InChI=1S/C25H38O3Si/c1-19(12-13-22-21(3)23(26)14-15-25(22,4)5)10-9-11-20(2)18-24(27)28-16-17-29(6,7)8/h9-13,18H,14-17H2,1-8H3. The molecule has 0 heterocycles. The Morgan fingerprint density at radius 2 is 1.79 bits per heavy atom. The normalized spacial score (nSPS) is 18.8. The topological polar surface area (TPSA) is 43.4 Å². The summed E-state index contributed by atoms with van der Waals surface area (Å²) in [6.45, 7) is 17.5. The first-order valence-corrected chi connectivity index (χ1v) is 14.2. The maximum Gasteiger partial charge on any atom is 0.330 e. The molecule has 1 aliphatic carbocycles. The van der Waals surface area contributed by atoms with Gasteiger partial charge in [-0.15, -0.1) is 0 Å². The third kappa shape index (κ3) is 9.40. The van der Waals surface area contributed by atoms with Crippen molar-refractivity contribution < 1.29 is 14.3 Å². The number of rotatable bonds is 8. The predicted molar refractivity (Wildman–Crippen MR) is 126 cm³/mol. The Morgan fingerprint density at radius 1 is 1.14 bits per heavy atom. The van der Waals surface area contributed by atoms with Crippen LogP contribution in [0.25, 0.3) is 0 Å². The second kappa shape index (κ2) is 10.7. The van der Waals surface area contributed by atoms with Crippen molar-refractivity contribution in [3.8, 4) is 0 Å². The Hall–Kier alpha value is -1.94. The highest BCUT2D eigenvalue weighted by Gasteiger charge is 2.30. The van der Waals surface area contributed by atoms with Crippen LogP contribution in [0.3, 0.4) is 0 Å². The van der Waals surface area contributed by atoms with Gasteiger partial charge in [-0.3, -0.25) is 4.79 Å². The SMILES string of the molecule is CC(C=CC1=C(C)C(=O)CCC1(C)C)=CC=CC(C)=CC(=O)OCC[Si](C)(C)C. The fourth-order valence-corrected chi connectivity index (χ4v) is 3.83. The highest BCUT2D eigenvalue weighted by molar-refractivity contribution is 6.76. The van der Waals surface area contributed by atoms with E-state index in [4.69, 9.17) is 4.74 Å². The van der Waals surface area contributed by atoms with Gasteiger partial charge >= 0.3 is 5.97 Å². The van der Waals surface area contributed by atoms with Gasteiger partial charge in [0.15, 0.2) is 5.78 Å². The summed E-state index contributed by atoms with van der Waals surface area (Å²) in [5.41, 5.74) is 3.98. The minimum Gasteiger partial charge on any atom is -0.463 e. The number of allylic oxidation sites excluding steroid dienone is 9. The van der Waals surface area contributed by atoms with Crippen molar-refractivity contribution in [1.82, 2.24) is 0 Å². The Balaban J connectivity index is 2.68. The van der Waals surface area contributed by atoms with Gasteiger partial charge in [0.05, 0.1) is 6.61 Å². The number of esters is 1. The van der Waals surface area contributed by atoms with Gasteiger partial charge in [0.25, 0.3) is 0 Å². The van der Waals surface area contributed by atoms with Crippen molar-refractivity contribution in [2.75, 3.05) is 6.61 Å². The van der Waals surface area contributed by atoms with Crippen LogP contribution in [0.5, 0.6) is 0 Å². The summed E-state index contributed by atoms with van der Waals surface area (Å²) >= 11 is 0. The van der Waals surface area contributed by atoms with E-state index in [9.17, 15) is 9.59 Å². The molecule has 0 aliphatic heterocycles. The summed E-state index contributed by atoms with van der Waals surface area (Å²) in [7, 11) is -1.18. The maximum absolute atomic E-state index is 12.0. The van der Waals surface area contributed by atoms with E-state index in [1.54, 1.807) is 0 Å². The van der Waals surface area contributed by atoms with Crippen LogP contribution in [0.15, 0.2) is 58.7 Å². The number of hydrogen-bond acceptors (Lipinski definition) is 3. The molecule has 3 nitrogen and oxygen atoms in total. The van der Waals surface area contributed by atoms with Crippen LogP contribution in [-0.2, 0) is 14.3 Å². The molecule has 0 spiro atoms. The quantitative estimate of drug-likeness (QED) is 0.195. The Morgan fingerprint density at radius 3 is 2.41 bits per heavy atom. The molecule has 1 aliphatic rings. The first-order valence-electron chi connectivity index (χ1n) is 10.4. The smallest absolute Gasteiger partial charge is 0.330 e. The second-order valence-corrected chi connectivity index (χ2v) is 15.4. The summed E-state index contributed by atoms with van der Waals surface area (Å²) < 4.78 is 5.29. The van der Waals surface area contributed by atoms with Gasteiger partial charge in [0.1, 0.15) is 0 Å².